The number of rotatable bonds is 8. The molecule has 0 aliphatic carbocycles. The molecule has 5 heteroatoms. The summed E-state index contributed by atoms with van der Waals surface area (Å²) in [6.45, 7) is 7.12. The first-order chi connectivity index (χ1) is 14.3. The third-order valence-corrected chi connectivity index (χ3v) is 6.99. The van der Waals surface area contributed by atoms with Crippen molar-refractivity contribution in [3.63, 3.8) is 0 Å². The number of benzene rings is 2. The molecule has 0 spiro atoms. The molecular weight excluding hydrogens is 392 g/mol. The molecule has 0 saturated heterocycles. The van der Waals surface area contributed by atoms with Gasteiger partial charge in [0.1, 0.15) is 11.3 Å². The smallest absolute Gasteiger partial charge is 0.340 e. The molecule has 1 aliphatic heterocycles. The summed E-state index contributed by atoms with van der Waals surface area (Å²) in [6, 6.07) is 20.9. The van der Waals surface area contributed by atoms with Crippen molar-refractivity contribution in [1.82, 2.24) is 0 Å². The number of esters is 1. The van der Waals surface area contributed by atoms with Crippen LogP contribution in [-0.2, 0) is 27.1 Å². The zero-order valence-electron chi connectivity index (χ0n) is 18.1. The molecule has 2 aromatic rings. The largest absolute Gasteiger partial charge is 0.512 e. The van der Waals surface area contributed by atoms with E-state index in [0.717, 1.165) is 17.2 Å². The lowest BCUT2D eigenvalue weighted by molar-refractivity contribution is -0.142. The van der Waals surface area contributed by atoms with Gasteiger partial charge in [0, 0.05) is 20.9 Å². The van der Waals surface area contributed by atoms with Crippen LogP contribution < -0.4 is 0 Å². The van der Waals surface area contributed by atoms with E-state index in [1.807, 2.05) is 48.5 Å². The third kappa shape index (κ3) is 6.57. The van der Waals surface area contributed by atoms with Gasteiger partial charge in [-0.3, -0.25) is 0 Å². The lowest BCUT2D eigenvalue weighted by Crippen LogP contribution is -2.37. The maximum absolute atomic E-state index is 12.9. The SMILES string of the molecule is C[Si](C)(C)CCOC(=O)C1=C(O)C[C@H](Cc2ccccc2)O[C@@H]1Cc1ccccc1. The Morgan fingerprint density at radius 1 is 1.00 bits per heavy atom. The normalized spacial score (nSPS) is 19.6. The van der Waals surface area contributed by atoms with Gasteiger partial charge >= 0.3 is 5.97 Å². The van der Waals surface area contributed by atoms with E-state index in [0.29, 0.717) is 25.9 Å². The Kier molecular flexibility index (Phi) is 7.51. The summed E-state index contributed by atoms with van der Waals surface area (Å²) in [7, 11) is -1.31. The molecule has 1 heterocycles. The first-order valence-corrected chi connectivity index (χ1v) is 14.3. The van der Waals surface area contributed by atoms with Crippen LogP contribution in [0.15, 0.2) is 72.0 Å². The maximum atomic E-state index is 12.9. The predicted molar refractivity (Wildman–Crippen MR) is 122 cm³/mol. The van der Waals surface area contributed by atoms with Crippen LogP contribution in [0.2, 0.25) is 25.7 Å². The standard InChI is InChI=1S/C25H32O4Si/c1-30(2,3)15-14-28-25(27)24-22(26)18-21(16-19-10-6-4-7-11-19)29-23(24)17-20-12-8-5-9-13-20/h4-13,21,23,26H,14-18H2,1-3H3/t21-,23+/m0/s1. The highest BCUT2D eigenvalue weighted by Crippen LogP contribution is 2.29. The zero-order valence-corrected chi connectivity index (χ0v) is 19.1. The molecule has 0 aromatic heterocycles. The minimum atomic E-state index is -1.31. The molecule has 4 nitrogen and oxygen atoms in total. The first-order valence-electron chi connectivity index (χ1n) is 10.6. The first kappa shape index (κ1) is 22.3. The van der Waals surface area contributed by atoms with Crippen molar-refractivity contribution in [3.8, 4) is 0 Å². The number of hydrogen-bond acceptors (Lipinski definition) is 4. The Labute approximate surface area is 180 Å². The van der Waals surface area contributed by atoms with Crippen LogP contribution in [-0.4, -0.2) is 38.0 Å². The maximum Gasteiger partial charge on any atom is 0.340 e. The Balaban J connectivity index is 1.77. The fourth-order valence-electron chi connectivity index (χ4n) is 3.61. The van der Waals surface area contributed by atoms with Crippen LogP contribution in [0.1, 0.15) is 17.5 Å². The Bertz CT molecular complexity index is 856. The Morgan fingerprint density at radius 2 is 1.57 bits per heavy atom. The van der Waals surface area contributed by atoms with Gasteiger partial charge < -0.3 is 14.6 Å². The number of aliphatic hydroxyl groups excluding tert-OH is 1. The molecule has 0 bridgehead atoms. The summed E-state index contributed by atoms with van der Waals surface area (Å²) in [4.78, 5) is 12.9. The quantitative estimate of drug-likeness (QED) is 0.460. The second kappa shape index (κ2) is 10.1. The van der Waals surface area contributed by atoms with Crippen LogP contribution in [0.3, 0.4) is 0 Å². The van der Waals surface area contributed by atoms with E-state index in [1.165, 1.54) is 0 Å². The number of carbonyl (C=O) groups is 1. The molecule has 2 aromatic carbocycles. The Hall–Kier alpha value is -2.37. The summed E-state index contributed by atoms with van der Waals surface area (Å²) in [6.07, 6.45) is 0.829. The Morgan fingerprint density at radius 3 is 2.13 bits per heavy atom. The molecule has 160 valence electrons. The summed E-state index contributed by atoms with van der Waals surface area (Å²) in [5.41, 5.74) is 2.48. The fraction of sp³-hybridized carbons (Fsp3) is 0.400. The van der Waals surface area contributed by atoms with Crippen LogP contribution >= 0.6 is 0 Å². The van der Waals surface area contributed by atoms with Crippen LogP contribution in [0.25, 0.3) is 0 Å². The van der Waals surface area contributed by atoms with Gasteiger partial charge in [-0.25, -0.2) is 4.79 Å². The van der Waals surface area contributed by atoms with Crippen molar-refractivity contribution in [2.75, 3.05) is 6.61 Å². The lowest BCUT2D eigenvalue weighted by Gasteiger charge is -2.32. The topological polar surface area (TPSA) is 55.8 Å². The van der Waals surface area contributed by atoms with Gasteiger partial charge in [-0.05, 0) is 23.6 Å². The highest BCUT2D eigenvalue weighted by atomic mass is 28.3. The van der Waals surface area contributed by atoms with Gasteiger partial charge in [0.2, 0.25) is 0 Å². The number of carbonyl (C=O) groups excluding carboxylic acids is 1. The number of ether oxygens (including phenoxy) is 2. The summed E-state index contributed by atoms with van der Waals surface area (Å²) < 4.78 is 11.9. The van der Waals surface area contributed by atoms with E-state index in [-0.39, 0.29) is 17.4 Å². The van der Waals surface area contributed by atoms with E-state index in [9.17, 15) is 9.90 Å². The van der Waals surface area contributed by atoms with Crippen LogP contribution in [0.5, 0.6) is 0 Å². The zero-order chi connectivity index (χ0) is 21.6. The van der Waals surface area contributed by atoms with Crippen molar-refractivity contribution < 1.29 is 19.4 Å². The molecule has 1 N–H and O–H groups in total. The van der Waals surface area contributed by atoms with Crippen molar-refractivity contribution in [1.29, 1.82) is 0 Å². The molecule has 0 fully saturated rings. The second-order valence-electron chi connectivity index (χ2n) is 9.14. The van der Waals surface area contributed by atoms with E-state index in [2.05, 4.69) is 31.8 Å². The molecule has 0 amide bonds. The molecule has 0 saturated carbocycles. The highest BCUT2D eigenvalue weighted by Gasteiger charge is 2.35. The van der Waals surface area contributed by atoms with Crippen molar-refractivity contribution >= 4 is 14.0 Å². The van der Waals surface area contributed by atoms with Gasteiger partial charge in [-0.15, -0.1) is 0 Å². The molecule has 0 radical (unpaired) electrons. The molecule has 3 rings (SSSR count). The van der Waals surface area contributed by atoms with Crippen molar-refractivity contribution in [3.05, 3.63) is 83.1 Å². The molecular formula is C25H32O4Si. The average Bonchev–Trinajstić information content (AvgIpc) is 2.68. The third-order valence-electron chi connectivity index (χ3n) is 5.29. The fourth-order valence-corrected chi connectivity index (χ4v) is 4.33. The molecule has 2 atom stereocenters. The van der Waals surface area contributed by atoms with Crippen LogP contribution in [0, 0.1) is 0 Å². The predicted octanol–water partition coefficient (Wildman–Crippen LogP) is 5.32. The minimum absolute atomic E-state index is 0.0983. The van der Waals surface area contributed by atoms with Gasteiger partial charge in [-0.2, -0.15) is 0 Å². The highest BCUT2D eigenvalue weighted by molar-refractivity contribution is 6.76. The monoisotopic (exact) mass is 424 g/mol. The summed E-state index contributed by atoms with van der Waals surface area (Å²) >= 11 is 0. The van der Waals surface area contributed by atoms with E-state index < -0.39 is 20.1 Å². The van der Waals surface area contributed by atoms with E-state index in [4.69, 9.17) is 9.47 Å². The van der Waals surface area contributed by atoms with E-state index >= 15 is 0 Å². The molecule has 0 unspecified atom stereocenters. The summed E-state index contributed by atoms with van der Waals surface area (Å²) in [5.74, 6) is -0.356. The van der Waals surface area contributed by atoms with Crippen molar-refractivity contribution in [2.45, 2.75) is 57.2 Å². The number of aliphatic hydroxyl groups is 1. The van der Waals surface area contributed by atoms with Crippen LogP contribution in [0.4, 0.5) is 0 Å². The molecule has 1 aliphatic rings. The lowest BCUT2D eigenvalue weighted by atomic mass is 9.93. The van der Waals surface area contributed by atoms with E-state index in [1.54, 1.807) is 0 Å². The minimum Gasteiger partial charge on any atom is -0.512 e. The molecule has 30 heavy (non-hydrogen) atoms. The number of hydrogen-bond donors (Lipinski definition) is 1. The van der Waals surface area contributed by atoms with Gasteiger partial charge in [0.15, 0.2) is 0 Å². The van der Waals surface area contributed by atoms with Crippen molar-refractivity contribution in [2.24, 2.45) is 0 Å². The average molecular weight is 425 g/mol. The van der Waals surface area contributed by atoms with Gasteiger partial charge in [-0.1, -0.05) is 80.3 Å². The summed E-state index contributed by atoms with van der Waals surface area (Å²) in [5, 5.41) is 10.8. The second-order valence-corrected chi connectivity index (χ2v) is 14.8. The van der Waals surface area contributed by atoms with Gasteiger partial charge in [0.05, 0.1) is 18.8 Å². The van der Waals surface area contributed by atoms with Gasteiger partial charge in [0.25, 0.3) is 0 Å².